The van der Waals surface area contributed by atoms with Crippen molar-refractivity contribution in [3.8, 4) is 5.00 Å². The van der Waals surface area contributed by atoms with Crippen molar-refractivity contribution in [3.05, 3.63) is 80.7 Å². The van der Waals surface area contributed by atoms with Crippen molar-refractivity contribution in [2.24, 2.45) is 4.99 Å². The molecule has 3 N–H and O–H groups in total. The summed E-state index contributed by atoms with van der Waals surface area (Å²) in [7, 11) is 0. The number of aliphatic imine (C=N–C) groups is 1. The fourth-order valence-corrected chi connectivity index (χ4v) is 5.32. The Kier molecular flexibility index (Phi) is 6.03. The molecule has 0 saturated heterocycles. The van der Waals surface area contributed by atoms with Crippen molar-refractivity contribution in [3.63, 3.8) is 0 Å². The Hall–Kier alpha value is -3.34. The Morgan fingerprint density at radius 2 is 2.00 bits per heavy atom. The van der Waals surface area contributed by atoms with E-state index in [2.05, 4.69) is 44.9 Å². The lowest BCUT2D eigenvalue weighted by atomic mass is 9.99. The minimum atomic E-state index is -0.517. The molecule has 11 heteroatoms. The van der Waals surface area contributed by atoms with Crippen molar-refractivity contribution in [1.29, 1.82) is 0 Å². The lowest BCUT2D eigenvalue weighted by Crippen LogP contribution is -2.37. The van der Waals surface area contributed by atoms with Gasteiger partial charge in [0.1, 0.15) is 22.7 Å². The first-order valence-corrected chi connectivity index (χ1v) is 12.0. The fourth-order valence-electron chi connectivity index (χ4n) is 3.98. The van der Waals surface area contributed by atoms with Crippen molar-refractivity contribution < 1.29 is 4.79 Å². The average Bonchev–Trinajstić information content (AvgIpc) is 3.51. The van der Waals surface area contributed by atoms with E-state index in [-0.39, 0.29) is 12.3 Å². The van der Waals surface area contributed by atoms with Gasteiger partial charge in [-0.25, -0.2) is 10.4 Å². The van der Waals surface area contributed by atoms with E-state index in [1.807, 2.05) is 35.8 Å². The maximum absolute atomic E-state index is 12.8. The number of hydrogen-bond donors (Lipinski definition) is 3. The van der Waals surface area contributed by atoms with Gasteiger partial charge in [0.25, 0.3) is 0 Å². The predicted octanol–water partition coefficient (Wildman–Crippen LogP) is 3.73. The van der Waals surface area contributed by atoms with Gasteiger partial charge in [0.2, 0.25) is 5.91 Å². The molecule has 1 atom stereocenters. The molecule has 0 bridgehead atoms. The minimum absolute atomic E-state index is 0.105. The molecule has 0 unspecified atom stereocenters. The van der Waals surface area contributed by atoms with Gasteiger partial charge in [0.05, 0.1) is 18.7 Å². The molecule has 1 amide bonds. The van der Waals surface area contributed by atoms with Gasteiger partial charge in [-0.3, -0.25) is 19.8 Å². The second-order valence-corrected chi connectivity index (χ2v) is 9.69. The number of thiophene rings is 1. The smallest absolute Gasteiger partial charge is 0.236 e. The highest BCUT2D eigenvalue weighted by Crippen LogP contribution is 2.39. The van der Waals surface area contributed by atoms with Crippen LogP contribution in [0, 0.1) is 20.8 Å². The van der Waals surface area contributed by atoms with Crippen LogP contribution in [0.15, 0.2) is 41.7 Å². The molecule has 0 spiro atoms. The van der Waals surface area contributed by atoms with E-state index in [4.69, 9.17) is 16.6 Å². The number of aromatic amines is 1. The zero-order valence-corrected chi connectivity index (χ0v) is 20.5. The molecule has 1 aliphatic rings. The molecule has 4 heterocycles. The topological polar surface area (TPSA) is 113 Å². The molecule has 0 radical (unpaired) electrons. The van der Waals surface area contributed by atoms with Crippen molar-refractivity contribution in [2.45, 2.75) is 39.8 Å². The summed E-state index contributed by atoms with van der Waals surface area (Å²) >= 11 is 7.83. The summed E-state index contributed by atoms with van der Waals surface area (Å²) in [5.74, 6) is 1.92. The monoisotopic (exact) mass is 494 g/mol. The lowest BCUT2D eigenvalue weighted by Gasteiger charge is -2.13. The van der Waals surface area contributed by atoms with Crippen LogP contribution in [0.4, 0.5) is 0 Å². The Morgan fingerprint density at radius 3 is 2.74 bits per heavy atom. The Morgan fingerprint density at radius 1 is 1.21 bits per heavy atom. The minimum Gasteiger partial charge on any atom is -0.347 e. The number of hydrogen-bond acceptors (Lipinski definition) is 7. The highest BCUT2D eigenvalue weighted by atomic mass is 35.5. The Bertz CT molecular complexity index is 1370. The Labute approximate surface area is 205 Å². The van der Waals surface area contributed by atoms with Gasteiger partial charge in [-0.05, 0) is 38.5 Å². The van der Waals surface area contributed by atoms with Gasteiger partial charge in [0, 0.05) is 33.4 Å². The van der Waals surface area contributed by atoms with E-state index in [9.17, 15) is 4.79 Å². The lowest BCUT2D eigenvalue weighted by molar-refractivity contribution is -0.122. The molecule has 1 aliphatic heterocycles. The first kappa shape index (κ1) is 22.5. The second kappa shape index (κ2) is 9.13. The van der Waals surface area contributed by atoms with Crippen molar-refractivity contribution in [1.82, 2.24) is 35.6 Å². The van der Waals surface area contributed by atoms with E-state index >= 15 is 0 Å². The third-order valence-electron chi connectivity index (χ3n) is 5.77. The normalized spacial score (nSPS) is 14.8. The molecule has 0 aliphatic carbocycles. The van der Waals surface area contributed by atoms with Crippen LogP contribution in [-0.2, 0) is 11.3 Å². The third kappa shape index (κ3) is 4.15. The van der Waals surface area contributed by atoms with E-state index in [0.717, 1.165) is 39.1 Å². The van der Waals surface area contributed by atoms with Crippen molar-refractivity contribution in [2.75, 3.05) is 0 Å². The van der Waals surface area contributed by atoms with Crippen LogP contribution in [0.25, 0.3) is 5.00 Å². The first-order chi connectivity index (χ1) is 16.4. The maximum atomic E-state index is 12.8. The largest absolute Gasteiger partial charge is 0.347 e. The number of aryl methyl sites for hydroxylation is 2. The van der Waals surface area contributed by atoms with Crippen LogP contribution >= 0.6 is 22.9 Å². The second-order valence-electron chi connectivity index (χ2n) is 8.05. The van der Waals surface area contributed by atoms with Crippen LogP contribution < -0.4 is 10.9 Å². The van der Waals surface area contributed by atoms with Gasteiger partial charge >= 0.3 is 0 Å². The van der Waals surface area contributed by atoms with E-state index in [1.54, 1.807) is 23.7 Å². The molecular formula is C23H23ClN8OS. The summed E-state index contributed by atoms with van der Waals surface area (Å²) in [5, 5.41) is 10.4. The molecule has 0 saturated carbocycles. The molecule has 9 nitrogen and oxygen atoms in total. The zero-order chi connectivity index (χ0) is 23.8. The molecule has 3 aromatic heterocycles. The van der Waals surface area contributed by atoms with Crippen LogP contribution in [0.2, 0.25) is 5.02 Å². The summed E-state index contributed by atoms with van der Waals surface area (Å²) in [6.45, 7) is 6.50. The first-order valence-electron chi connectivity index (χ1n) is 10.8. The number of carbonyl (C=O) groups excluding carboxylic acids is 1. The zero-order valence-electron chi connectivity index (χ0n) is 18.9. The van der Waals surface area contributed by atoms with Crippen LogP contribution in [0.5, 0.6) is 0 Å². The summed E-state index contributed by atoms with van der Waals surface area (Å²) in [6.07, 6.45) is 3.50. The van der Waals surface area contributed by atoms with E-state index in [1.165, 1.54) is 4.88 Å². The number of rotatable bonds is 6. The van der Waals surface area contributed by atoms with Crippen molar-refractivity contribution >= 4 is 34.6 Å². The van der Waals surface area contributed by atoms with E-state index in [0.29, 0.717) is 17.4 Å². The number of halogens is 1. The third-order valence-corrected chi connectivity index (χ3v) is 7.22. The molecular weight excluding hydrogens is 472 g/mol. The molecule has 174 valence electrons. The number of H-pyrrole nitrogens is 1. The van der Waals surface area contributed by atoms with Gasteiger partial charge in [0.15, 0.2) is 5.82 Å². The van der Waals surface area contributed by atoms with Gasteiger partial charge in [-0.1, -0.05) is 23.7 Å². The Balaban J connectivity index is 1.52. The standard InChI is InChI=1S/C23H23ClN8OS/c1-12-13(2)34-23-20(12)21(15-4-6-16(24)7-5-15)28-17(22-31-29-14(3)32(22)23)10-19(33)30-27-11-18-25-8-9-26-18/h4-9,17,27H,10-11H2,1-3H3,(H,25,26)(H,30,33)/t17-/m0/s1. The number of aromatic nitrogens is 5. The van der Waals surface area contributed by atoms with Gasteiger partial charge < -0.3 is 4.98 Å². The molecule has 34 heavy (non-hydrogen) atoms. The number of nitrogens with one attached hydrogen (secondary N) is 3. The molecule has 4 aromatic rings. The molecule has 0 fully saturated rings. The predicted molar refractivity (Wildman–Crippen MR) is 131 cm³/mol. The maximum Gasteiger partial charge on any atom is 0.236 e. The van der Waals surface area contributed by atoms with E-state index < -0.39 is 6.04 Å². The van der Waals surface area contributed by atoms with Crippen LogP contribution in [0.3, 0.4) is 0 Å². The average molecular weight is 495 g/mol. The summed E-state index contributed by atoms with van der Waals surface area (Å²) in [4.78, 5) is 26.3. The van der Waals surface area contributed by atoms with Gasteiger partial charge in [-0.15, -0.1) is 21.5 Å². The number of imidazole rings is 1. The van der Waals surface area contributed by atoms with Crippen LogP contribution in [-0.4, -0.2) is 36.4 Å². The molecule has 1 aromatic carbocycles. The number of nitrogens with zero attached hydrogens (tertiary/aromatic N) is 5. The number of carbonyl (C=O) groups is 1. The number of fused-ring (bicyclic) bond motifs is 3. The number of benzene rings is 1. The number of amides is 1. The highest BCUT2D eigenvalue weighted by Gasteiger charge is 2.32. The number of hydrazine groups is 1. The highest BCUT2D eigenvalue weighted by molar-refractivity contribution is 7.15. The SMILES string of the molecule is Cc1sc2c(c1C)C(c1ccc(Cl)cc1)=N[C@@H](CC(=O)NNCc1ncc[nH]1)c1nnc(C)n1-2. The quantitative estimate of drug-likeness (QED) is 0.353. The summed E-state index contributed by atoms with van der Waals surface area (Å²) in [5.41, 5.74) is 9.58. The summed E-state index contributed by atoms with van der Waals surface area (Å²) in [6, 6.07) is 7.10. The summed E-state index contributed by atoms with van der Waals surface area (Å²) < 4.78 is 2.03. The van der Waals surface area contributed by atoms with Gasteiger partial charge in [-0.2, -0.15) is 0 Å². The fraction of sp³-hybridized carbons (Fsp3) is 0.261. The van der Waals surface area contributed by atoms with Crippen LogP contribution in [0.1, 0.15) is 51.5 Å². The molecule has 5 rings (SSSR count).